The molecule has 2 atom stereocenters. The van der Waals surface area contributed by atoms with Crippen molar-refractivity contribution in [2.24, 2.45) is 17.8 Å². The van der Waals surface area contributed by atoms with Crippen LogP contribution in [0.3, 0.4) is 0 Å². The molecule has 1 aromatic rings. The fraction of sp³-hybridized carbons (Fsp3) is 0.500. The molecule has 0 bridgehead atoms. The van der Waals surface area contributed by atoms with Crippen LogP contribution in [0.1, 0.15) is 32.3 Å². The maximum Gasteiger partial charge on any atom is 0.0406 e. The molecule has 1 aliphatic carbocycles. The molecular weight excluding hydrogens is 228 g/mol. The van der Waals surface area contributed by atoms with Crippen molar-refractivity contribution in [1.29, 1.82) is 0 Å². The van der Waals surface area contributed by atoms with E-state index in [0.29, 0.717) is 5.92 Å². The molecule has 1 aliphatic rings. The van der Waals surface area contributed by atoms with Crippen LogP contribution in [0.2, 0.25) is 5.02 Å². The van der Waals surface area contributed by atoms with Gasteiger partial charge in [0, 0.05) is 5.02 Å². The predicted molar refractivity (Wildman–Crippen MR) is 75.3 cm³/mol. The lowest BCUT2D eigenvalue weighted by atomic mass is 9.87. The lowest BCUT2D eigenvalue weighted by Gasteiger charge is -2.18. The second kappa shape index (κ2) is 5.27. The van der Waals surface area contributed by atoms with E-state index >= 15 is 0 Å². The number of rotatable bonds is 3. The molecule has 1 aromatic carbocycles. The highest BCUT2D eigenvalue weighted by atomic mass is 35.5. The number of halogens is 1. The minimum atomic E-state index is 0.670. The summed E-state index contributed by atoms with van der Waals surface area (Å²) in [6.07, 6.45) is 3.73. The lowest BCUT2D eigenvalue weighted by Crippen LogP contribution is -2.09. The fourth-order valence-corrected chi connectivity index (χ4v) is 3.08. The van der Waals surface area contributed by atoms with Gasteiger partial charge in [-0.1, -0.05) is 49.7 Å². The summed E-state index contributed by atoms with van der Waals surface area (Å²) in [5, 5.41) is 0.819. The molecule has 92 valence electrons. The summed E-state index contributed by atoms with van der Waals surface area (Å²) in [5.74, 6) is 2.13. The summed E-state index contributed by atoms with van der Waals surface area (Å²) in [5.41, 5.74) is 2.85. The highest BCUT2D eigenvalue weighted by Gasteiger charge is 2.30. The Labute approximate surface area is 110 Å². The molecule has 0 aromatic heterocycles. The Kier molecular flexibility index (Phi) is 3.93. The van der Waals surface area contributed by atoms with Crippen LogP contribution in [-0.4, -0.2) is 0 Å². The number of allylic oxidation sites excluding steroid dienone is 1. The zero-order chi connectivity index (χ0) is 12.4. The first-order chi connectivity index (χ1) is 8.08. The fourth-order valence-electron chi connectivity index (χ4n) is 2.95. The van der Waals surface area contributed by atoms with Gasteiger partial charge < -0.3 is 0 Å². The average Bonchev–Trinajstić information content (AvgIpc) is 2.64. The smallest absolute Gasteiger partial charge is 0.0406 e. The summed E-state index contributed by atoms with van der Waals surface area (Å²) in [6, 6.07) is 8.24. The van der Waals surface area contributed by atoms with Crippen LogP contribution in [0.25, 0.3) is 0 Å². The van der Waals surface area contributed by atoms with E-state index in [1.165, 1.54) is 24.0 Å². The quantitative estimate of drug-likeness (QED) is 0.652. The van der Waals surface area contributed by atoms with Gasteiger partial charge >= 0.3 is 0 Å². The maximum absolute atomic E-state index is 5.90. The summed E-state index contributed by atoms with van der Waals surface area (Å²) >= 11 is 5.90. The highest BCUT2D eigenvalue weighted by Crippen LogP contribution is 2.41. The molecule has 1 saturated carbocycles. The lowest BCUT2D eigenvalue weighted by molar-refractivity contribution is 0.453. The predicted octanol–water partition coefficient (Wildman–Crippen LogP) is 5.12. The third-order valence-electron chi connectivity index (χ3n) is 4.03. The SMILES string of the molecule is C=C1C(Cc2ccc(Cl)cc2)CCC1C(C)C. The van der Waals surface area contributed by atoms with E-state index in [4.69, 9.17) is 11.6 Å². The van der Waals surface area contributed by atoms with E-state index < -0.39 is 0 Å². The Morgan fingerprint density at radius 3 is 2.41 bits per heavy atom. The minimum Gasteiger partial charge on any atom is -0.0993 e. The van der Waals surface area contributed by atoms with Crippen molar-refractivity contribution in [3.8, 4) is 0 Å². The molecule has 0 spiro atoms. The molecular formula is C16H21Cl. The van der Waals surface area contributed by atoms with Gasteiger partial charge in [-0.05, 0) is 54.7 Å². The van der Waals surface area contributed by atoms with Gasteiger partial charge in [0.15, 0.2) is 0 Å². The van der Waals surface area contributed by atoms with Gasteiger partial charge in [0.25, 0.3) is 0 Å². The molecule has 0 heterocycles. The first-order valence-electron chi connectivity index (χ1n) is 6.51. The third-order valence-corrected chi connectivity index (χ3v) is 4.28. The van der Waals surface area contributed by atoms with Gasteiger partial charge in [0.05, 0.1) is 0 Å². The van der Waals surface area contributed by atoms with Crippen molar-refractivity contribution in [2.45, 2.75) is 33.1 Å². The normalized spacial score (nSPS) is 24.6. The molecule has 17 heavy (non-hydrogen) atoms. The molecule has 0 amide bonds. The molecule has 0 N–H and O–H groups in total. The van der Waals surface area contributed by atoms with Crippen LogP contribution in [-0.2, 0) is 6.42 Å². The largest absolute Gasteiger partial charge is 0.0993 e. The van der Waals surface area contributed by atoms with Crippen molar-refractivity contribution in [3.05, 3.63) is 47.0 Å². The van der Waals surface area contributed by atoms with Gasteiger partial charge in [0.2, 0.25) is 0 Å². The topological polar surface area (TPSA) is 0 Å². The first kappa shape index (κ1) is 12.7. The Morgan fingerprint density at radius 2 is 1.88 bits per heavy atom. The van der Waals surface area contributed by atoms with Crippen LogP contribution in [0.15, 0.2) is 36.4 Å². The van der Waals surface area contributed by atoms with Crippen molar-refractivity contribution in [1.82, 2.24) is 0 Å². The summed E-state index contributed by atoms with van der Waals surface area (Å²) in [4.78, 5) is 0. The summed E-state index contributed by atoms with van der Waals surface area (Å²) < 4.78 is 0. The first-order valence-corrected chi connectivity index (χ1v) is 6.89. The van der Waals surface area contributed by atoms with Crippen LogP contribution >= 0.6 is 11.6 Å². The molecule has 0 nitrogen and oxygen atoms in total. The second-order valence-electron chi connectivity index (χ2n) is 5.53. The molecule has 0 aliphatic heterocycles. The monoisotopic (exact) mass is 248 g/mol. The number of benzene rings is 1. The van der Waals surface area contributed by atoms with E-state index in [9.17, 15) is 0 Å². The van der Waals surface area contributed by atoms with Crippen molar-refractivity contribution < 1.29 is 0 Å². The Bertz CT molecular complexity index is 388. The maximum atomic E-state index is 5.90. The van der Waals surface area contributed by atoms with Crippen LogP contribution in [0, 0.1) is 17.8 Å². The summed E-state index contributed by atoms with van der Waals surface area (Å²) in [6.45, 7) is 8.94. The van der Waals surface area contributed by atoms with Crippen LogP contribution in [0.5, 0.6) is 0 Å². The van der Waals surface area contributed by atoms with E-state index in [1.54, 1.807) is 0 Å². The molecule has 2 unspecified atom stereocenters. The van der Waals surface area contributed by atoms with E-state index in [0.717, 1.165) is 23.3 Å². The van der Waals surface area contributed by atoms with Gasteiger partial charge in [-0.15, -0.1) is 0 Å². The van der Waals surface area contributed by atoms with E-state index in [-0.39, 0.29) is 0 Å². The zero-order valence-electron chi connectivity index (χ0n) is 10.7. The van der Waals surface area contributed by atoms with Crippen molar-refractivity contribution in [2.75, 3.05) is 0 Å². The zero-order valence-corrected chi connectivity index (χ0v) is 11.5. The van der Waals surface area contributed by atoms with Crippen LogP contribution in [0.4, 0.5) is 0 Å². The van der Waals surface area contributed by atoms with Gasteiger partial charge in [0.1, 0.15) is 0 Å². The van der Waals surface area contributed by atoms with E-state index in [1.807, 2.05) is 12.1 Å². The molecule has 1 fully saturated rings. The standard InChI is InChI=1S/C16H21Cl/c1-11(2)16-9-6-14(12(16)3)10-13-4-7-15(17)8-5-13/h4-5,7-8,11,14,16H,3,6,9-10H2,1-2H3. The average molecular weight is 249 g/mol. The Balaban J connectivity index is 2.01. The van der Waals surface area contributed by atoms with Gasteiger partial charge in [-0.25, -0.2) is 0 Å². The second-order valence-corrected chi connectivity index (χ2v) is 5.97. The molecule has 1 heteroatoms. The van der Waals surface area contributed by atoms with Crippen LogP contribution < -0.4 is 0 Å². The summed E-state index contributed by atoms with van der Waals surface area (Å²) in [7, 11) is 0. The number of hydrogen-bond donors (Lipinski definition) is 0. The Morgan fingerprint density at radius 1 is 1.24 bits per heavy atom. The van der Waals surface area contributed by atoms with Crippen molar-refractivity contribution in [3.63, 3.8) is 0 Å². The molecule has 2 rings (SSSR count). The van der Waals surface area contributed by atoms with E-state index in [2.05, 4.69) is 32.6 Å². The Hall–Kier alpha value is -0.750. The molecule has 0 radical (unpaired) electrons. The molecule has 0 saturated heterocycles. The number of hydrogen-bond acceptors (Lipinski definition) is 0. The van der Waals surface area contributed by atoms with Gasteiger partial charge in [-0.3, -0.25) is 0 Å². The minimum absolute atomic E-state index is 0.670. The van der Waals surface area contributed by atoms with Crippen molar-refractivity contribution >= 4 is 11.6 Å². The third kappa shape index (κ3) is 2.93. The highest BCUT2D eigenvalue weighted by molar-refractivity contribution is 6.30. The van der Waals surface area contributed by atoms with Gasteiger partial charge in [-0.2, -0.15) is 0 Å².